The summed E-state index contributed by atoms with van der Waals surface area (Å²) in [5, 5.41) is 8.07. The van der Waals surface area contributed by atoms with Gasteiger partial charge in [-0.3, -0.25) is 4.79 Å². The Bertz CT molecular complexity index is 656. The van der Waals surface area contributed by atoms with E-state index < -0.39 is 0 Å². The fraction of sp³-hybridized carbons (Fsp3) is 0.471. The first-order valence-electron chi connectivity index (χ1n) is 7.92. The maximum Gasteiger partial charge on any atom is 0.247 e. The molecule has 2 atom stereocenters. The third-order valence-corrected chi connectivity index (χ3v) is 3.97. The Balaban J connectivity index is 1.58. The summed E-state index contributed by atoms with van der Waals surface area (Å²) in [5.41, 5.74) is 0.883. The van der Waals surface area contributed by atoms with E-state index in [-0.39, 0.29) is 18.1 Å². The Kier molecular flexibility index (Phi) is 4.71. The molecule has 23 heavy (non-hydrogen) atoms. The van der Waals surface area contributed by atoms with Crippen molar-refractivity contribution < 1.29 is 13.9 Å². The SMILES string of the molecule is C[C@@H]1CN(C(=O)CCc2nnc(-c3ccccc3)o2)[C@H](C)CO1. The number of hydrogen-bond donors (Lipinski definition) is 0. The number of carbonyl (C=O) groups excluding carboxylic acids is 1. The lowest BCUT2D eigenvalue weighted by Crippen LogP contribution is -2.50. The molecule has 1 aliphatic heterocycles. The van der Waals surface area contributed by atoms with Crippen molar-refractivity contribution in [2.24, 2.45) is 0 Å². The summed E-state index contributed by atoms with van der Waals surface area (Å²) in [5.74, 6) is 1.08. The van der Waals surface area contributed by atoms with E-state index in [0.717, 1.165) is 5.56 Å². The van der Waals surface area contributed by atoms with E-state index in [4.69, 9.17) is 9.15 Å². The Morgan fingerprint density at radius 3 is 2.83 bits per heavy atom. The smallest absolute Gasteiger partial charge is 0.247 e. The first-order chi connectivity index (χ1) is 11.1. The van der Waals surface area contributed by atoms with Crippen LogP contribution in [0.2, 0.25) is 0 Å². The topological polar surface area (TPSA) is 68.5 Å². The van der Waals surface area contributed by atoms with E-state index >= 15 is 0 Å². The average Bonchev–Trinajstić information content (AvgIpc) is 3.05. The van der Waals surface area contributed by atoms with Crippen LogP contribution < -0.4 is 0 Å². The molecule has 1 aliphatic rings. The lowest BCUT2D eigenvalue weighted by atomic mass is 10.1. The van der Waals surface area contributed by atoms with Gasteiger partial charge >= 0.3 is 0 Å². The summed E-state index contributed by atoms with van der Waals surface area (Å²) in [6, 6.07) is 9.72. The van der Waals surface area contributed by atoms with Gasteiger partial charge in [-0.15, -0.1) is 10.2 Å². The summed E-state index contributed by atoms with van der Waals surface area (Å²) in [7, 11) is 0. The lowest BCUT2D eigenvalue weighted by Gasteiger charge is -2.36. The zero-order chi connectivity index (χ0) is 16.2. The van der Waals surface area contributed by atoms with Crippen LogP contribution in [0.5, 0.6) is 0 Å². The van der Waals surface area contributed by atoms with E-state index in [1.54, 1.807) is 0 Å². The van der Waals surface area contributed by atoms with Gasteiger partial charge in [-0.05, 0) is 26.0 Å². The highest BCUT2D eigenvalue weighted by Gasteiger charge is 2.27. The summed E-state index contributed by atoms with van der Waals surface area (Å²) in [4.78, 5) is 14.3. The Labute approximate surface area is 135 Å². The molecule has 2 heterocycles. The van der Waals surface area contributed by atoms with Crippen LogP contribution in [0, 0.1) is 0 Å². The number of amides is 1. The highest BCUT2D eigenvalue weighted by Crippen LogP contribution is 2.18. The van der Waals surface area contributed by atoms with Crippen LogP contribution in [0.25, 0.3) is 11.5 Å². The first-order valence-corrected chi connectivity index (χ1v) is 7.92. The highest BCUT2D eigenvalue weighted by atomic mass is 16.5. The van der Waals surface area contributed by atoms with Crippen molar-refractivity contribution in [3.05, 3.63) is 36.2 Å². The number of rotatable bonds is 4. The largest absolute Gasteiger partial charge is 0.421 e. The maximum atomic E-state index is 12.4. The van der Waals surface area contributed by atoms with Crippen molar-refractivity contribution in [1.82, 2.24) is 15.1 Å². The van der Waals surface area contributed by atoms with E-state index in [1.165, 1.54) is 0 Å². The molecule has 0 saturated carbocycles. The molecule has 1 saturated heterocycles. The molecule has 0 spiro atoms. The fourth-order valence-corrected chi connectivity index (χ4v) is 2.66. The summed E-state index contributed by atoms with van der Waals surface area (Å²) < 4.78 is 11.2. The molecule has 6 heteroatoms. The average molecular weight is 315 g/mol. The second-order valence-corrected chi connectivity index (χ2v) is 5.91. The third-order valence-electron chi connectivity index (χ3n) is 3.97. The second kappa shape index (κ2) is 6.91. The highest BCUT2D eigenvalue weighted by molar-refractivity contribution is 5.76. The quantitative estimate of drug-likeness (QED) is 0.866. The maximum absolute atomic E-state index is 12.4. The van der Waals surface area contributed by atoms with Gasteiger partial charge in [-0.2, -0.15) is 0 Å². The van der Waals surface area contributed by atoms with E-state index in [2.05, 4.69) is 10.2 Å². The zero-order valence-corrected chi connectivity index (χ0v) is 13.4. The minimum atomic E-state index is 0.0863. The number of ether oxygens (including phenoxy) is 1. The molecule has 0 unspecified atom stereocenters. The first kappa shape index (κ1) is 15.7. The Hall–Kier alpha value is -2.21. The van der Waals surface area contributed by atoms with Gasteiger partial charge < -0.3 is 14.1 Å². The third kappa shape index (κ3) is 3.76. The van der Waals surface area contributed by atoms with Gasteiger partial charge in [0.2, 0.25) is 17.7 Å². The van der Waals surface area contributed by atoms with Crippen LogP contribution >= 0.6 is 0 Å². The van der Waals surface area contributed by atoms with Crippen LogP contribution in [-0.2, 0) is 16.0 Å². The second-order valence-electron chi connectivity index (χ2n) is 5.91. The predicted molar refractivity (Wildman–Crippen MR) is 84.6 cm³/mol. The molecule has 6 nitrogen and oxygen atoms in total. The van der Waals surface area contributed by atoms with Crippen LogP contribution in [0.3, 0.4) is 0 Å². The molecule has 1 amide bonds. The Morgan fingerprint density at radius 1 is 1.26 bits per heavy atom. The molecule has 1 fully saturated rings. The molecule has 0 bridgehead atoms. The summed E-state index contributed by atoms with van der Waals surface area (Å²) in [6.07, 6.45) is 0.910. The van der Waals surface area contributed by atoms with Crippen molar-refractivity contribution in [3.63, 3.8) is 0 Å². The number of aryl methyl sites for hydroxylation is 1. The van der Waals surface area contributed by atoms with Crippen molar-refractivity contribution in [2.75, 3.05) is 13.2 Å². The number of morpholine rings is 1. The summed E-state index contributed by atoms with van der Waals surface area (Å²) in [6.45, 7) is 5.21. The van der Waals surface area contributed by atoms with Gasteiger partial charge in [0.05, 0.1) is 18.8 Å². The van der Waals surface area contributed by atoms with Crippen LogP contribution in [0.15, 0.2) is 34.7 Å². The van der Waals surface area contributed by atoms with Crippen molar-refractivity contribution in [1.29, 1.82) is 0 Å². The van der Waals surface area contributed by atoms with E-state index in [1.807, 2.05) is 49.1 Å². The normalized spacial score (nSPS) is 21.4. The van der Waals surface area contributed by atoms with Gasteiger partial charge in [-0.25, -0.2) is 0 Å². The number of carbonyl (C=O) groups is 1. The fourth-order valence-electron chi connectivity index (χ4n) is 2.66. The van der Waals surface area contributed by atoms with Gasteiger partial charge in [-0.1, -0.05) is 18.2 Å². The number of nitrogens with zero attached hydrogens (tertiary/aromatic N) is 3. The monoisotopic (exact) mass is 315 g/mol. The zero-order valence-electron chi connectivity index (χ0n) is 13.4. The molecule has 1 aromatic heterocycles. The van der Waals surface area contributed by atoms with Gasteiger partial charge in [0.1, 0.15) is 0 Å². The van der Waals surface area contributed by atoms with Crippen LogP contribution in [0.1, 0.15) is 26.2 Å². The molecular formula is C17H21N3O3. The van der Waals surface area contributed by atoms with Gasteiger partial charge in [0.15, 0.2) is 0 Å². The minimum Gasteiger partial charge on any atom is -0.421 e. The lowest BCUT2D eigenvalue weighted by molar-refractivity contribution is -0.143. The molecule has 2 aromatic rings. The van der Waals surface area contributed by atoms with Gasteiger partial charge in [0, 0.05) is 24.9 Å². The molecular weight excluding hydrogens is 294 g/mol. The van der Waals surface area contributed by atoms with Crippen LogP contribution in [-0.4, -0.2) is 46.3 Å². The number of aromatic nitrogens is 2. The molecule has 0 aliphatic carbocycles. The van der Waals surface area contributed by atoms with E-state index in [9.17, 15) is 4.79 Å². The molecule has 0 radical (unpaired) electrons. The molecule has 122 valence electrons. The van der Waals surface area contributed by atoms with Crippen molar-refractivity contribution >= 4 is 5.91 Å². The van der Waals surface area contributed by atoms with Crippen LogP contribution in [0.4, 0.5) is 0 Å². The standard InChI is InChI=1S/C17H21N3O3/c1-12-11-22-13(2)10-20(12)16(21)9-8-15-18-19-17(23-15)14-6-4-3-5-7-14/h3-7,12-13H,8-11H2,1-2H3/t12-,13-/m1/s1. The van der Waals surface area contributed by atoms with Crippen molar-refractivity contribution in [3.8, 4) is 11.5 Å². The number of benzene rings is 1. The summed E-state index contributed by atoms with van der Waals surface area (Å²) >= 11 is 0. The molecule has 1 aromatic carbocycles. The van der Waals surface area contributed by atoms with E-state index in [0.29, 0.717) is 37.8 Å². The predicted octanol–water partition coefficient (Wildman–Crippen LogP) is 2.31. The Morgan fingerprint density at radius 2 is 2.04 bits per heavy atom. The number of hydrogen-bond acceptors (Lipinski definition) is 5. The molecule has 3 rings (SSSR count). The molecule has 0 N–H and O–H groups in total. The minimum absolute atomic E-state index is 0.0863. The van der Waals surface area contributed by atoms with Crippen molar-refractivity contribution in [2.45, 2.75) is 38.8 Å². The van der Waals surface area contributed by atoms with Gasteiger partial charge in [0.25, 0.3) is 0 Å².